The number of anilines is 1. The van der Waals surface area contributed by atoms with Crippen molar-refractivity contribution in [2.45, 2.75) is 6.10 Å². The van der Waals surface area contributed by atoms with Crippen molar-refractivity contribution in [1.82, 2.24) is 0 Å². The molecular formula is C9H11F2NO2. The third kappa shape index (κ3) is 2.65. The molecule has 0 fully saturated rings. The Labute approximate surface area is 80.0 Å². The Morgan fingerprint density at radius 3 is 2.71 bits per heavy atom. The summed E-state index contributed by atoms with van der Waals surface area (Å²) in [6.45, 7) is -0.458. The van der Waals surface area contributed by atoms with Crippen LogP contribution in [0.25, 0.3) is 0 Å². The fourth-order valence-electron chi connectivity index (χ4n) is 0.933. The van der Waals surface area contributed by atoms with Crippen molar-refractivity contribution < 1.29 is 19.0 Å². The quantitative estimate of drug-likeness (QED) is 0.676. The lowest BCUT2D eigenvalue weighted by molar-refractivity contribution is 0.105. The van der Waals surface area contributed by atoms with Gasteiger partial charge in [0.15, 0.2) is 11.6 Å². The van der Waals surface area contributed by atoms with Crippen molar-refractivity contribution in [2.75, 3.05) is 18.5 Å². The Bertz CT molecular complexity index is 307. The summed E-state index contributed by atoms with van der Waals surface area (Å²) in [7, 11) is 0. The molecule has 0 saturated heterocycles. The maximum atomic E-state index is 13.0. The van der Waals surface area contributed by atoms with E-state index in [1.54, 1.807) is 0 Å². The van der Waals surface area contributed by atoms with Crippen LogP contribution in [0.15, 0.2) is 18.2 Å². The van der Waals surface area contributed by atoms with Crippen LogP contribution in [0.5, 0.6) is 0 Å². The van der Waals surface area contributed by atoms with E-state index < -0.39 is 24.3 Å². The van der Waals surface area contributed by atoms with Gasteiger partial charge < -0.3 is 15.5 Å². The van der Waals surface area contributed by atoms with Crippen molar-refractivity contribution in [3.05, 3.63) is 29.8 Å². The van der Waals surface area contributed by atoms with Crippen molar-refractivity contribution in [3.8, 4) is 0 Å². The van der Waals surface area contributed by atoms with E-state index in [0.717, 1.165) is 6.07 Å². The van der Waals surface area contributed by atoms with Crippen LogP contribution in [-0.2, 0) is 0 Å². The molecule has 78 valence electrons. The number of aliphatic hydroxyl groups is 2. The molecule has 5 heteroatoms. The lowest BCUT2D eigenvalue weighted by Crippen LogP contribution is -2.23. The van der Waals surface area contributed by atoms with E-state index in [0.29, 0.717) is 0 Å². The molecule has 0 bridgehead atoms. The molecule has 14 heavy (non-hydrogen) atoms. The van der Waals surface area contributed by atoms with Gasteiger partial charge in [-0.25, -0.2) is 8.78 Å². The van der Waals surface area contributed by atoms with E-state index in [9.17, 15) is 8.78 Å². The highest BCUT2D eigenvalue weighted by Gasteiger charge is 2.08. The molecule has 0 spiro atoms. The zero-order chi connectivity index (χ0) is 10.6. The number of nitrogens with one attached hydrogen (secondary N) is 1. The van der Waals surface area contributed by atoms with E-state index in [2.05, 4.69) is 5.32 Å². The minimum absolute atomic E-state index is 0.0301. The average molecular weight is 203 g/mol. The van der Waals surface area contributed by atoms with E-state index >= 15 is 0 Å². The third-order valence-corrected chi connectivity index (χ3v) is 1.69. The maximum Gasteiger partial charge on any atom is 0.181 e. The number of halogens is 2. The van der Waals surface area contributed by atoms with E-state index in [1.165, 1.54) is 12.1 Å². The van der Waals surface area contributed by atoms with Gasteiger partial charge in [-0.1, -0.05) is 6.07 Å². The summed E-state index contributed by atoms with van der Waals surface area (Å²) in [4.78, 5) is 0. The van der Waals surface area contributed by atoms with Crippen LogP contribution in [0.4, 0.5) is 14.5 Å². The minimum atomic E-state index is -0.988. The number of benzene rings is 1. The standard InChI is InChI=1S/C9H11F2NO2/c10-7-2-1-3-8(9(7)11)12-4-6(14)5-13/h1-3,6,12-14H,4-5H2/t6-/m0/s1. The Balaban J connectivity index is 2.63. The largest absolute Gasteiger partial charge is 0.394 e. The average Bonchev–Trinajstić information content (AvgIpc) is 2.20. The zero-order valence-electron chi connectivity index (χ0n) is 7.37. The van der Waals surface area contributed by atoms with E-state index in [-0.39, 0.29) is 12.2 Å². The molecule has 1 atom stereocenters. The second-order valence-corrected chi connectivity index (χ2v) is 2.82. The predicted octanol–water partition coefficient (Wildman–Crippen LogP) is 0.730. The highest BCUT2D eigenvalue weighted by atomic mass is 19.2. The monoisotopic (exact) mass is 203 g/mol. The first kappa shape index (κ1) is 10.9. The van der Waals surface area contributed by atoms with Gasteiger partial charge in [-0.15, -0.1) is 0 Å². The smallest absolute Gasteiger partial charge is 0.181 e. The van der Waals surface area contributed by atoms with Crippen LogP contribution in [0.2, 0.25) is 0 Å². The van der Waals surface area contributed by atoms with Crippen molar-refractivity contribution in [3.63, 3.8) is 0 Å². The highest BCUT2D eigenvalue weighted by molar-refractivity contribution is 5.44. The van der Waals surface area contributed by atoms with Crippen LogP contribution >= 0.6 is 0 Å². The van der Waals surface area contributed by atoms with Crippen LogP contribution in [0.1, 0.15) is 0 Å². The normalized spacial score (nSPS) is 12.6. The van der Waals surface area contributed by atoms with Gasteiger partial charge >= 0.3 is 0 Å². The van der Waals surface area contributed by atoms with Gasteiger partial charge in [0.1, 0.15) is 0 Å². The first-order chi connectivity index (χ1) is 6.65. The topological polar surface area (TPSA) is 52.5 Å². The minimum Gasteiger partial charge on any atom is -0.394 e. The van der Waals surface area contributed by atoms with Gasteiger partial charge in [0.05, 0.1) is 18.4 Å². The summed E-state index contributed by atoms with van der Waals surface area (Å²) in [6, 6.07) is 3.71. The predicted molar refractivity (Wildman–Crippen MR) is 47.9 cm³/mol. The van der Waals surface area contributed by atoms with Crippen molar-refractivity contribution in [2.24, 2.45) is 0 Å². The molecule has 0 aliphatic carbocycles. The van der Waals surface area contributed by atoms with Gasteiger partial charge in [0.2, 0.25) is 0 Å². The molecule has 0 amide bonds. The molecule has 0 unspecified atom stereocenters. The number of hydrogen-bond donors (Lipinski definition) is 3. The molecule has 3 nitrogen and oxygen atoms in total. The summed E-state index contributed by atoms with van der Waals surface area (Å²) < 4.78 is 25.6. The van der Waals surface area contributed by atoms with Crippen LogP contribution in [0.3, 0.4) is 0 Å². The SMILES string of the molecule is OC[C@@H](O)CNc1cccc(F)c1F. The Hall–Kier alpha value is -1.20. The molecule has 0 radical (unpaired) electrons. The third-order valence-electron chi connectivity index (χ3n) is 1.69. The number of rotatable bonds is 4. The molecule has 3 N–H and O–H groups in total. The van der Waals surface area contributed by atoms with Gasteiger partial charge in [-0.3, -0.25) is 0 Å². The number of aliphatic hydroxyl groups excluding tert-OH is 2. The summed E-state index contributed by atoms with van der Waals surface area (Å²) in [5, 5.41) is 19.9. The van der Waals surface area contributed by atoms with Gasteiger partial charge in [0, 0.05) is 6.54 Å². The first-order valence-corrected chi connectivity index (χ1v) is 4.12. The van der Waals surface area contributed by atoms with Crippen LogP contribution in [0, 0.1) is 11.6 Å². The summed E-state index contributed by atoms with van der Waals surface area (Å²) in [6.07, 6.45) is -0.988. The Morgan fingerprint density at radius 2 is 2.07 bits per heavy atom. The first-order valence-electron chi connectivity index (χ1n) is 4.12. The van der Waals surface area contributed by atoms with E-state index in [4.69, 9.17) is 10.2 Å². The Kier molecular flexibility index (Phi) is 3.79. The summed E-state index contributed by atoms with van der Waals surface area (Å²) >= 11 is 0. The van der Waals surface area contributed by atoms with Crippen LogP contribution < -0.4 is 5.32 Å². The lowest BCUT2D eigenvalue weighted by Gasteiger charge is -2.10. The molecule has 1 rings (SSSR count). The van der Waals surface area contributed by atoms with Crippen molar-refractivity contribution in [1.29, 1.82) is 0 Å². The summed E-state index contributed by atoms with van der Waals surface area (Å²) in [5.41, 5.74) is -0.0301. The molecule has 1 aromatic carbocycles. The second-order valence-electron chi connectivity index (χ2n) is 2.82. The molecule has 0 heterocycles. The fourth-order valence-corrected chi connectivity index (χ4v) is 0.933. The van der Waals surface area contributed by atoms with Gasteiger partial charge in [-0.05, 0) is 12.1 Å². The lowest BCUT2D eigenvalue weighted by atomic mass is 10.3. The fraction of sp³-hybridized carbons (Fsp3) is 0.333. The van der Waals surface area contributed by atoms with E-state index in [1.807, 2.05) is 0 Å². The molecular weight excluding hydrogens is 192 g/mol. The van der Waals surface area contributed by atoms with Crippen molar-refractivity contribution >= 4 is 5.69 Å². The molecule has 0 aliphatic heterocycles. The van der Waals surface area contributed by atoms with Gasteiger partial charge in [-0.2, -0.15) is 0 Å². The molecule has 0 saturated carbocycles. The Morgan fingerprint density at radius 1 is 1.36 bits per heavy atom. The highest BCUT2D eigenvalue weighted by Crippen LogP contribution is 2.16. The summed E-state index contributed by atoms with van der Waals surface area (Å²) in [5.74, 6) is -1.94. The maximum absolute atomic E-state index is 13.0. The molecule has 1 aromatic rings. The molecule has 0 aliphatic rings. The second kappa shape index (κ2) is 4.88. The van der Waals surface area contributed by atoms with Gasteiger partial charge in [0.25, 0.3) is 0 Å². The number of hydrogen-bond acceptors (Lipinski definition) is 3. The zero-order valence-corrected chi connectivity index (χ0v) is 7.37. The van der Waals surface area contributed by atoms with Crippen LogP contribution in [-0.4, -0.2) is 29.5 Å². The molecule has 0 aromatic heterocycles.